The van der Waals surface area contributed by atoms with Gasteiger partial charge in [0.15, 0.2) is 0 Å². The molecular weight excluding hydrogens is 347 g/mol. The Morgan fingerprint density at radius 1 is 1.17 bits per heavy atom. The van der Waals surface area contributed by atoms with E-state index in [2.05, 4.69) is 21.6 Å². The highest BCUT2D eigenvalue weighted by Crippen LogP contribution is 2.33. The average molecular weight is 367 g/mol. The quantitative estimate of drug-likeness (QED) is 0.848. The van der Waals surface area contributed by atoms with E-state index in [9.17, 15) is 0 Å². The lowest BCUT2D eigenvalue weighted by molar-refractivity contribution is 0.0984. The number of pyridine rings is 1. The minimum Gasteiger partial charge on any atom is -0.372 e. The lowest BCUT2D eigenvalue weighted by Gasteiger charge is -2.19. The predicted molar refractivity (Wildman–Crippen MR) is 93.1 cm³/mol. The van der Waals surface area contributed by atoms with Crippen molar-refractivity contribution in [1.29, 1.82) is 0 Å². The van der Waals surface area contributed by atoms with E-state index in [0.29, 0.717) is 16.6 Å². The highest BCUT2D eigenvalue weighted by molar-refractivity contribution is 6.35. The number of aromatic nitrogens is 3. The van der Waals surface area contributed by atoms with Crippen LogP contribution in [-0.2, 0) is 17.8 Å². The van der Waals surface area contributed by atoms with Crippen LogP contribution in [0.3, 0.4) is 0 Å². The normalized spacial score (nSPS) is 23.8. The Hall–Kier alpha value is -1.14. The Bertz CT molecular complexity index is 696. The molecule has 1 saturated heterocycles. The first kappa shape index (κ1) is 16.3. The Balaban J connectivity index is 1.42. The third-order valence-corrected chi connectivity index (χ3v) is 5.36. The molecule has 0 aromatic carbocycles. The molecule has 5 nitrogen and oxygen atoms in total. The number of rotatable bonds is 6. The van der Waals surface area contributed by atoms with Gasteiger partial charge in [0.05, 0.1) is 16.2 Å². The summed E-state index contributed by atoms with van der Waals surface area (Å²) < 4.78 is 7.98. The van der Waals surface area contributed by atoms with Crippen LogP contribution in [0.15, 0.2) is 24.8 Å². The van der Waals surface area contributed by atoms with Crippen LogP contribution in [-0.4, -0.2) is 27.4 Å². The van der Waals surface area contributed by atoms with E-state index in [4.69, 9.17) is 27.9 Å². The Morgan fingerprint density at radius 2 is 1.96 bits per heavy atom. The van der Waals surface area contributed by atoms with Crippen molar-refractivity contribution in [3.8, 4) is 0 Å². The molecule has 24 heavy (non-hydrogen) atoms. The van der Waals surface area contributed by atoms with Gasteiger partial charge in [0.1, 0.15) is 6.10 Å². The van der Waals surface area contributed by atoms with E-state index in [1.807, 2.05) is 10.9 Å². The molecule has 2 aromatic rings. The van der Waals surface area contributed by atoms with Gasteiger partial charge in [-0.15, -0.1) is 0 Å². The molecule has 4 rings (SSSR count). The maximum absolute atomic E-state index is 6.19. The van der Waals surface area contributed by atoms with E-state index in [1.54, 1.807) is 12.4 Å². The molecule has 2 fully saturated rings. The highest BCUT2D eigenvalue weighted by atomic mass is 35.5. The lowest BCUT2D eigenvalue weighted by atomic mass is 10.1. The van der Waals surface area contributed by atoms with E-state index in [0.717, 1.165) is 36.6 Å². The van der Waals surface area contributed by atoms with Crippen molar-refractivity contribution in [2.45, 2.75) is 44.5 Å². The molecule has 2 atom stereocenters. The van der Waals surface area contributed by atoms with Crippen LogP contribution in [0.1, 0.15) is 36.5 Å². The molecule has 0 amide bonds. The van der Waals surface area contributed by atoms with Crippen molar-refractivity contribution in [3.63, 3.8) is 0 Å². The molecule has 1 N–H and O–H groups in total. The van der Waals surface area contributed by atoms with Gasteiger partial charge in [-0.3, -0.25) is 9.67 Å². The molecule has 7 heteroatoms. The first-order chi connectivity index (χ1) is 11.7. The summed E-state index contributed by atoms with van der Waals surface area (Å²) in [7, 11) is 0. The van der Waals surface area contributed by atoms with Crippen molar-refractivity contribution in [3.05, 3.63) is 46.0 Å². The van der Waals surface area contributed by atoms with Crippen LogP contribution in [0.5, 0.6) is 0 Å². The largest absolute Gasteiger partial charge is 0.372 e. The topological polar surface area (TPSA) is 52.0 Å². The first-order valence-electron chi connectivity index (χ1n) is 8.36. The van der Waals surface area contributed by atoms with Crippen LogP contribution in [0.25, 0.3) is 0 Å². The summed E-state index contributed by atoms with van der Waals surface area (Å²) in [5.74, 6) is 0.812. The number of hydrogen-bond acceptors (Lipinski definition) is 4. The smallest absolute Gasteiger partial charge is 0.101 e. The summed E-state index contributed by atoms with van der Waals surface area (Å²) in [6, 6.07) is 0.226. The zero-order valence-corrected chi connectivity index (χ0v) is 14.8. The van der Waals surface area contributed by atoms with E-state index < -0.39 is 0 Å². The van der Waals surface area contributed by atoms with Crippen LogP contribution >= 0.6 is 23.2 Å². The number of nitrogens with one attached hydrogen (secondary N) is 1. The van der Waals surface area contributed by atoms with Crippen molar-refractivity contribution < 1.29 is 4.74 Å². The van der Waals surface area contributed by atoms with Gasteiger partial charge in [-0.2, -0.15) is 5.10 Å². The van der Waals surface area contributed by atoms with Gasteiger partial charge in [0, 0.05) is 55.5 Å². The van der Waals surface area contributed by atoms with Crippen molar-refractivity contribution in [2.75, 3.05) is 6.61 Å². The molecule has 0 unspecified atom stereocenters. The summed E-state index contributed by atoms with van der Waals surface area (Å²) >= 11 is 12.4. The van der Waals surface area contributed by atoms with Gasteiger partial charge < -0.3 is 10.1 Å². The number of halogens is 2. The van der Waals surface area contributed by atoms with Gasteiger partial charge >= 0.3 is 0 Å². The number of hydrogen-bond donors (Lipinski definition) is 1. The summed E-state index contributed by atoms with van der Waals surface area (Å²) in [5, 5.41) is 9.18. The van der Waals surface area contributed by atoms with E-state index >= 15 is 0 Å². The predicted octanol–water partition coefficient (Wildman–Crippen LogP) is 3.61. The second-order valence-corrected chi connectivity index (χ2v) is 7.40. The summed E-state index contributed by atoms with van der Waals surface area (Å²) in [5.41, 5.74) is 2.01. The van der Waals surface area contributed by atoms with Gasteiger partial charge in [0.25, 0.3) is 0 Å². The molecule has 1 aliphatic heterocycles. The zero-order valence-electron chi connectivity index (χ0n) is 13.3. The van der Waals surface area contributed by atoms with Gasteiger partial charge in [0.2, 0.25) is 0 Å². The molecule has 1 saturated carbocycles. The van der Waals surface area contributed by atoms with Crippen LogP contribution < -0.4 is 5.32 Å². The van der Waals surface area contributed by atoms with Crippen LogP contribution in [0.2, 0.25) is 10.0 Å². The second kappa shape index (κ2) is 7.00. The highest BCUT2D eigenvalue weighted by Gasteiger charge is 2.31. The molecule has 2 aromatic heterocycles. The maximum atomic E-state index is 6.19. The monoisotopic (exact) mass is 366 g/mol. The summed E-state index contributed by atoms with van der Waals surface area (Å²) in [4.78, 5) is 3.99. The molecule has 128 valence electrons. The van der Waals surface area contributed by atoms with Crippen molar-refractivity contribution >= 4 is 23.2 Å². The van der Waals surface area contributed by atoms with E-state index in [1.165, 1.54) is 12.8 Å². The fraction of sp³-hybridized carbons (Fsp3) is 0.529. The standard InChI is InChI=1S/C17H20Cl2N4O/c18-14-7-20-8-15(19)13(14)6-21-16-3-4-24-17(16)12-5-22-23(10-12)9-11-1-2-11/h5,7-8,10-11,16-17,21H,1-4,6,9H2/t16-,17+/m1/s1. The van der Waals surface area contributed by atoms with Gasteiger partial charge in [-0.05, 0) is 25.2 Å². The van der Waals surface area contributed by atoms with Crippen LogP contribution in [0, 0.1) is 5.92 Å². The fourth-order valence-corrected chi connectivity index (χ4v) is 3.66. The maximum Gasteiger partial charge on any atom is 0.101 e. The van der Waals surface area contributed by atoms with Gasteiger partial charge in [-0.1, -0.05) is 23.2 Å². The van der Waals surface area contributed by atoms with Gasteiger partial charge in [-0.25, -0.2) is 0 Å². The Labute approximate surface area is 151 Å². The third kappa shape index (κ3) is 3.59. The third-order valence-electron chi connectivity index (χ3n) is 4.71. The molecule has 0 spiro atoms. The molecule has 2 aliphatic rings. The molecule has 0 bridgehead atoms. The molecular formula is C17H20Cl2N4O. The minimum atomic E-state index is 0.0253. The lowest BCUT2D eigenvalue weighted by Crippen LogP contribution is -2.31. The SMILES string of the molecule is Clc1cncc(Cl)c1CN[C@@H]1CCO[C@H]1c1cnn(CC2CC2)c1. The molecule has 3 heterocycles. The zero-order chi connectivity index (χ0) is 16.5. The summed E-state index contributed by atoms with van der Waals surface area (Å²) in [6.07, 6.45) is 10.9. The second-order valence-electron chi connectivity index (χ2n) is 6.59. The number of nitrogens with zero attached hydrogens (tertiary/aromatic N) is 3. The molecule has 0 radical (unpaired) electrons. The Morgan fingerprint density at radius 3 is 2.71 bits per heavy atom. The van der Waals surface area contributed by atoms with Crippen LogP contribution in [0.4, 0.5) is 0 Å². The van der Waals surface area contributed by atoms with E-state index in [-0.39, 0.29) is 12.1 Å². The number of ether oxygens (including phenoxy) is 1. The van der Waals surface area contributed by atoms with Crippen molar-refractivity contribution in [1.82, 2.24) is 20.1 Å². The minimum absolute atomic E-state index is 0.0253. The summed E-state index contributed by atoms with van der Waals surface area (Å²) in [6.45, 7) is 2.36. The fourth-order valence-electron chi connectivity index (χ4n) is 3.16. The molecule has 1 aliphatic carbocycles. The Kier molecular flexibility index (Phi) is 4.77. The van der Waals surface area contributed by atoms with Crippen molar-refractivity contribution in [2.24, 2.45) is 5.92 Å². The average Bonchev–Trinajstić information content (AvgIpc) is 3.06. The first-order valence-corrected chi connectivity index (χ1v) is 9.11.